The van der Waals surface area contributed by atoms with Crippen molar-refractivity contribution in [3.8, 4) is 22.3 Å². The fourth-order valence-corrected chi connectivity index (χ4v) is 5.56. The van der Waals surface area contributed by atoms with Crippen LogP contribution in [-0.4, -0.2) is 10.5 Å². The minimum atomic E-state index is -0.750. The van der Waals surface area contributed by atoms with Crippen LogP contribution in [0, 0.1) is 0 Å². The molecule has 0 bridgehead atoms. The molecule has 0 unspecified atom stereocenters. The number of hydrogen-bond donors (Lipinski definition) is 0. The number of benzene rings is 4. The van der Waals surface area contributed by atoms with Crippen LogP contribution in [0.2, 0.25) is 0 Å². The minimum absolute atomic E-state index is 0. The summed E-state index contributed by atoms with van der Waals surface area (Å²) in [6, 6.07) is 30.4. The van der Waals surface area contributed by atoms with Crippen molar-refractivity contribution < 1.29 is 56.5 Å². The van der Waals surface area contributed by atoms with Crippen LogP contribution in [0.15, 0.2) is 93.9 Å². The van der Waals surface area contributed by atoms with Crippen LogP contribution in [0.5, 0.6) is 0 Å². The maximum atomic E-state index is 10.1. The second kappa shape index (κ2) is 14.9. The molecule has 4 aromatic carbocycles. The summed E-state index contributed by atoms with van der Waals surface area (Å²) in [6.07, 6.45) is 1.07. The van der Waals surface area contributed by atoms with Gasteiger partial charge in [-0.3, -0.25) is 0 Å². The molecule has 1 nitrogen and oxygen atoms in total. The molecule has 0 aliphatic heterocycles. The smallest absolute Gasteiger partial charge is 0.850 e. The van der Waals surface area contributed by atoms with Gasteiger partial charge >= 0.3 is 51.4 Å². The maximum absolute atomic E-state index is 10.1. The van der Waals surface area contributed by atoms with Crippen molar-refractivity contribution in [3.05, 3.63) is 116 Å². The molecule has 2 aliphatic carbocycles. The zero-order valence-electron chi connectivity index (χ0n) is 23.3. The zero-order valence-corrected chi connectivity index (χ0v) is 31.8. The summed E-state index contributed by atoms with van der Waals surface area (Å²) in [6.45, 7) is 9.49. The molecule has 0 atom stereocenters. The summed E-state index contributed by atoms with van der Waals surface area (Å²) in [7, 11) is 0. The van der Waals surface area contributed by atoms with E-state index in [-0.39, 0.29) is 56.8 Å². The van der Waals surface area contributed by atoms with Crippen molar-refractivity contribution in [2.24, 2.45) is 0 Å². The largest absolute Gasteiger partial charge is 1.00 e. The Balaban J connectivity index is 0.000000212. The Morgan fingerprint density at radius 1 is 0.658 bits per heavy atom. The van der Waals surface area contributed by atoms with Gasteiger partial charge in [-0.1, -0.05) is 150 Å². The van der Waals surface area contributed by atoms with E-state index in [1.165, 1.54) is 49.0 Å². The van der Waals surface area contributed by atoms with Gasteiger partial charge in [-0.15, -0.1) is 5.60 Å². The van der Waals surface area contributed by atoms with E-state index in [4.69, 9.17) is 0 Å². The van der Waals surface area contributed by atoms with Gasteiger partial charge in [0.15, 0.2) is 0 Å². The Labute approximate surface area is 302 Å². The van der Waals surface area contributed by atoms with E-state index >= 15 is 0 Å². The first kappa shape index (κ1) is 34.4. The molecule has 5 heteroatoms. The van der Waals surface area contributed by atoms with E-state index in [9.17, 15) is 5.11 Å². The third kappa shape index (κ3) is 8.59. The molecule has 6 rings (SSSR count). The minimum Gasteiger partial charge on any atom is -0.850 e. The summed E-state index contributed by atoms with van der Waals surface area (Å²) < 4.78 is 2.33. The van der Waals surface area contributed by atoms with Gasteiger partial charge < -0.3 is 5.11 Å². The molecule has 0 N–H and O–H groups in total. The zero-order chi connectivity index (χ0) is 27.4. The van der Waals surface area contributed by atoms with Crippen LogP contribution in [0.4, 0.5) is 0 Å². The average molecular weight is 772 g/mol. The molecular formula is C33H34Br2IKO. The van der Waals surface area contributed by atoms with E-state index in [1.54, 1.807) is 20.8 Å². The molecule has 0 fully saturated rings. The molecule has 0 saturated carbocycles. The van der Waals surface area contributed by atoms with E-state index in [1.807, 2.05) is 4.93 Å². The Kier molecular flexibility index (Phi) is 13.5. The van der Waals surface area contributed by atoms with Crippen LogP contribution >= 0.6 is 54.5 Å². The van der Waals surface area contributed by atoms with Crippen LogP contribution in [0.1, 0.15) is 56.9 Å². The first-order chi connectivity index (χ1) is 17.4. The summed E-state index contributed by atoms with van der Waals surface area (Å²) >= 11 is 9.22. The predicted molar refractivity (Wildman–Crippen MR) is 174 cm³/mol. The molecule has 2 aliphatic rings. The molecule has 0 aromatic heterocycles. The van der Waals surface area contributed by atoms with Gasteiger partial charge in [0, 0.05) is 14.4 Å². The van der Waals surface area contributed by atoms with Crippen LogP contribution < -0.4 is 56.5 Å². The molecule has 0 radical (unpaired) electrons. The van der Waals surface area contributed by atoms with Gasteiger partial charge in [-0.25, -0.2) is 0 Å². The fraction of sp³-hybridized carbons (Fsp3) is 0.273. The van der Waals surface area contributed by atoms with Crippen molar-refractivity contribution >= 4 is 54.5 Å². The predicted octanol–water partition coefficient (Wildman–Crippen LogP) is 6.98. The quantitative estimate of drug-likeness (QED) is 0.0948. The number of fused-ring (bicyclic) bond motifs is 6. The van der Waals surface area contributed by atoms with Crippen LogP contribution in [0.25, 0.3) is 22.3 Å². The van der Waals surface area contributed by atoms with E-state index in [2.05, 4.69) is 153 Å². The third-order valence-corrected chi connectivity index (χ3v) is 7.29. The van der Waals surface area contributed by atoms with E-state index < -0.39 is 5.60 Å². The topological polar surface area (TPSA) is 23.1 Å². The molecular weight excluding hydrogens is 738 g/mol. The van der Waals surface area contributed by atoms with Crippen LogP contribution in [-0.2, 0) is 11.8 Å². The Bertz CT molecular complexity index is 1370. The molecule has 0 heterocycles. The van der Waals surface area contributed by atoms with Gasteiger partial charge in [0.2, 0.25) is 0 Å². The Morgan fingerprint density at radius 2 is 1.11 bits per heavy atom. The molecule has 0 saturated heterocycles. The summed E-state index contributed by atoms with van der Waals surface area (Å²) in [5.74, 6) is 0. The van der Waals surface area contributed by atoms with Gasteiger partial charge in [-0.2, -0.15) is 0 Å². The monoisotopic (exact) mass is 770 g/mol. The average Bonchev–Trinajstić information content (AvgIpc) is 3.32. The molecule has 38 heavy (non-hydrogen) atoms. The second-order valence-electron chi connectivity index (χ2n) is 10.6. The van der Waals surface area contributed by atoms with Crippen molar-refractivity contribution in [2.75, 3.05) is 4.93 Å². The summed E-state index contributed by atoms with van der Waals surface area (Å²) in [4.78, 5) is 1.97. The van der Waals surface area contributed by atoms with Gasteiger partial charge in [0.25, 0.3) is 0 Å². The standard InChI is InChI=1S/C15H13Br.C13H9Br.C4H9O.CH3I.K/c1-15(2)13-6-4-3-5-11(13)12-8-7-10(16)9-14(12)15;14-11-5-6-13-10(8-11)7-9-3-1-2-4-12(9)13;1-4(2,3)5;1-2;/h3-9H,1-2H3;1-6,8H,7H2;1-3H3;1H3;/q;;-1;;+1. The molecule has 0 amide bonds. The number of halogens is 3. The SMILES string of the molecule is Brc1ccc2c(c1)Cc1ccccc1-2.CC(C)(C)[O-].CC1(C)c2ccccc2-c2ccc(Br)cc21.CI.[K+]. The van der Waals surface area contributed by atoms with Crippen molar-refractivity contribution in [2.45, 2.75) is 52.1 Å². The van der Waals surface area contributed by atoms with Gasteiger partial charge in [0.1, 0.15) is 0 Å². The second-order valence-corrected chi connectivity index (χ2v) is 12.4. The normalized spacial score (nSPS) is 12.9. The van der Waals surface area contributed by atoms with Gasteiger partial charge in [-0.05, 0) is 80.1 Å². The number of rotatable bonds is 0. The Morgan fingerprint density at radius 3 is 1.74 bits per heavy atom. The third-order valence-electron chi connectivity index (χ3n) is 6.30. The first-order valence-corrected chi connectivity index (χ1v) is 16.0. The van der Waals surface area contributed by atoms with Crippen molar-refractivity contribution in [1.82, 2.24) is 0 Å². The van der Waals surface area contributed by atoms with Gasteiger partial charge in [0.05, 0.1) is 0 Å². The fourth-order valence-electron chi connectivity index (χ4n) is 4.79. The molecule has 4 aromatic rings. The Hall–Kier alpha value is 0.166. The van der Waals surface area contributed by atoms with E-state index in [0.717, 1.165) is 10.9 Å². The molecule has 194 valence electrons. The number of hydrogen-bond acceptors (Lipinski definition) is 1. The molecule has 0 spiro atoms. The van der Waals surface area contributed by atoms with Crippen molar-refractivity contribution in [3.63, 3.8) is 0 Å². The maximum Gasteiger partial charge on any atom is 1.00 e. The van der Waals surface area contributed by atoms with E-state index in [0.29, 0.717) is 0 Å². The summed E-state index contributed by atoms with van der Waals surface area (Å²) in [5, 5.41) is 10.1. The van der Waals surface area contributed by atoms with Crippen LogP contribution in [0.3, 0.4) is 0 Å². The number of alkyl halides is 1. The first-order valence-electron chi connectivity index (χ1n) is 12.3. The van der Waals surface area contributed by atoms with Crippen molar-refractivity contribution in [1.29, 1.82) is 0 Å². The summed E-state index contributed by atoms with van der Waals surface area (Å²) in [5.41, 5.74) is 10.7.